The Balaban J connectivity index is 1.82. The summed E-state index contributed by atoms with van der Waals surface area (Å²) in [5.41, 5.74) is 6.71. The highest BCUT2D eigenvalue weighted by Crippen LogP contribution is 2.24. The van der Waals surface area contributed by atoms with Gasteiger partial charge in [-0.05, 0) is 44.1 Å². The first-order chi connectivity index (χ1) is 10.2. The molecule has 1 heterocycles. The van der Waals surface area contributed by atoms with Crippen LogP contribution in [0, 0.1) is 0 Å². The average Bonchev–Trinajstić information content (AvgIpc) is 2.50. The van der Waals surface area contributed by atoms with Gasteiger partial charge >= 0.3 is 0 Å². The van der Waals surface area contributed by atoms with Gasteiger partial charge in [0, 0.05) is 43.3 Å². The average molecular weight is 312 g/mol. The van der Waals surface area contributed by atoms with Crippen molar-refractivity contribution in [2.75, 3.05) is 46.4 Å². The van der Waals surface area contributed by atoms with Gasteiger partial charge in [0.25, 0.3) is 0 Å². The molecule has 4 nitrogen and oxygen atoms in total. The summed E-state index contributed by atoms with van der Waals surface area (Å²) in [6.45, 7) is 7.33. The maximum absolute atomic E-state index is 6.09. The van der Waals surface area contributed by atoms with E-state index in [0.29, 0.717) is 0 Å². The lowest BCUT2D eigenvalue weighted by Crippen LogP contribution is -2.46. The zero-order chi connectivity index (χ0) is 15.1. The summed E-state index contributed by atoms with van der Waals surface area (Å²) in [5, 5.41) is 0.770. The second-order valence-electron chi connectivity index (χ2n) is 5.57. The first-order valence-electron chi connectivity index (χ1n) is 7.70. The van der Waals surface area contributed by atoms with Crippen molar-refractivity contribution in [3.63, 3.8) is 0 Å². The van der Waals surface area contributed by atoms with Crippen LogP contribution in [-0.4, -0.2) is 56.2 Å². The number of rotatable bonds is 7. The van der Waals surface area contributed by atoms with E-state index in [4.69, 9.17) is 22.1 Å². The lowest BCUT2D eigenvalue weighted by Gasteiger charge is -2.35. The van der Waals surface area contributed by atoms with Gasteiger partial charge in [-0.15, -0.1) is 0 Å². The largest absolute Gasteiger partial charge is 0.496 e. The van der Waals surface area contributed by atoms with E-state index in [9.17, 15) is 0 Å². The number of hydrogen-bond acceptors (Lipinski definition) is 4. The zero-order valence-corrected chi connectivity index (χ0v) is 13.6. The molecule has 0 aromatic heterocycles. The molecule has 0 atom stereocenters. The van der Waals surface area contributed by atoms with Gasteiger partial charge < -0.3 is 15.4 Å². The van der Waals surface area contributed by atoms with Gasteiger partial charge in [0.05, 0.1) is 7.11 Å². The number of hydrogen-bond donors (Lipinski definition) is 1. The van der Waals surface area contributed by atoms with Crippen LogP contribution >= 0.6 is 11.6 Å². The maximum atomic E-state index is 6.09. The lowest BCUT2D eigenvalue weighted by molar-refractivity contribution is 0.125. The molecule has 0 amide bonds. The smallest absolute Gasteiger partial charge is 0.123 e. The molecule has 0 radical (unpaired) electrons. The second kappa shape index (κ2) is 8.59. The number of methoxy groups -OCH3 is 1. The van der Waals surface area contributed by atoms with Crippen LogP contribution < -0.4 is 10.5 Å². The third kappa shape index (κ3) is 5.15. The molecule has 2 N–H and O–H groups in total. The normalized spacial score (nSPS) is 17.1. The zero-order valence-electron chi connectivity index (χ0n) is 12.9. The van der Waals surface area contributed by atoms with Gasteiger partial charge in [0.15, 0.2) is 0 Å². The molecule has 0 bridgehead atoms. The van der Waals surface area contributed by atoms with E-state index >= 15 is 0 Å². The molecule has 0 saturated carbocycles. The fraction of sp³-hybridized carbons (Fsp3) is 0.625. The van der Waals surface area contributed by atoms with Crippen LogP contribution in [-0.2, 0) is 6.54 Å². The van der Waals surface area contributed by atoms with Crippen molar-refractivity contribution in [2.45, 2.75) is 19.4 Å². The molecular formula is C16H26ClN3O. The van der Waals surface area contributed by atoms with Crippen molar-refractivity contribution in [1.82, 2.24) is 9.80 Å². The molecule has 1 saturated heterocycles. The molecule has 1 aliphatic rings. The highest BCUT2D eigenvalue weighted by molar-refractivity contribution is 6.30. The Morgan fingerprint density at radius 3 is 2.52 bits per heavy atom. The highest BCUT2D eigenvalue weighted by atomic mass is 35.5. The summed E-state index contributed by atoms with van der Waals surface area (Å²) in [4.78, 5) is 5.00. The number of ether oxygens (including phenoxy) is 1. The summed E-state index contributed by atoms with van der Waals surface area (Å²) < 4.78 is 5.42. The van der Waals surface area contributed by atoms with E-state index in [2.05, 4.69) is 9.80 Å². The third-order valence-corrected chi connectivity index (χ3v) is 4.26. The van der Waals surface area contributed by atoms with Crippen LogP contribution in [0.2, 0.25) is 5.02 Å². The Labute approximate surface area is 132 Å². The monoisotopic (exact) mass is 311 g/mol. The lowest BCUT2D eigenvalue weighted by atomic mass is 10.1. The molecule has 1 aromatic carbocycles. The molecular weight excluding hydrogens is 286 g/mol. The fourth-order valence-corrected chi connectivity index (χ4v) is 2.96. The first-order valence-corrected chi connectivity index (χ1v) is 8.08. The summed E-state index contributed by atoms with van der Waals surface area (Å²) in [6.07, 6.45) is 2.33. The number of halogens is 1. The quantitative estimate of drug-likeness (QED) is 0.784. The molecule has 21 heavy (non-hydrogen) atoms. The van der Waals surface area contributed by atoms with Gasteiger partial charge in [0.2, 0.25) is 0 Å². The summed E-state index contributed by atoms with van der Waals surface area (Å²) in [6, 6.07) is 5.83. The molecule has 1 aromatic rings. The van der Waals surface area contributed by atoms with Gasteiger partial charge in [-0.2, -0.15) is 0 Å². The van der Waals surface area contributed by atoms with E-state index in [0.717, 1.165) is 56.5 Å². The SMILES string of the molecule is COc1ccc(Cl)cc1CN1CCN(CCCCN)CC1. The van der Waals surface area contributed by atoms with E-state index in [1.165, 1.54) is 18.5 Å². The molecule has 1 fully saturated rings. The maximum Gasteiger partial charge on any atom is 0.123 e. The molecule has 2 rings (SSSR count). The van der Waals surface area contributed by atoms with Crippen LogP contribution in [0.3, 0.4) is 0 Å². The number of nitrogens with zero attached hydrogens (tertiary/aromatic N) is 2. The summed E-state index contributed by atoms with van der Waals surface area (Å²) >= 11 is 6.09. The van der Waals surface area contributed by atoms with Crippen LogP contribution in [0.25, 0.3) is 0 Å². The Kier molecular flexibility index (Phi) is 6.77. The minimum Gasteiger partial charge on any atom is -0.496 e. The van der Waals surface area contributed by atoms with Crippen LogP contribution in [0.4, 0.5) is 0 Å². The summed E-state index contributed by atoms with van der Waals surface area (Å²) in [7, 11) is 1.71. The predicted octanol–water partition coefficient (Wildman–Crippen LogP) is 2.21. The molecule has 0 unspecified atom stereocenters. The fourth-order valence-electron chi connectivity index (χ4n) is 2.76. The van der Waals surface area contributed by atoms with Gasteiger partial charge in [-0.3, -0.25) is 4.90 Å². The van der Waals surface area contributed by atoms with E-state index in [1.807, 2.05) is 18.2 Å². The molecule has 1 aliphatic heterocycles. The highest BCUT2D eigenvalue weighted by Gasteiger charge is 2.17. The number of piperazine rings is 1. The van der Waals surface area contributed by atoms with Gasteiger partial charge in [-0.25, -0.2) is 0 Å². The minimum atomic E-state index is 0.770. The number of benzene rings is 1. The Morgan fingerprint density at radius 1 is 1.14 bits per heavy atom. The minimum absolute atomic E-state index is 0.770. The first kappa shape index (κ1) is 16.6. The van der Waals surface area contributed by atoms with Crippen molar-refractivity contribution < 1.29 is 4.74 Å². The Hall–Kier alpha value is -0.810. The van der Waals surface area contributed by atoms with Crippen LogP contribution in [0.1, 0.15) is 18.4 Å². The molecule has 0 spiro atoms. The van der Waals surface area contributed by atoms with Crippen molar-refractivity contribution in [1.29, 1.82) is 0 Å². The van der Waals surface area contributed by atoms with Crippen molar-refractivity contribution in [3.05, 3.63) is 28.8 Å². The van der Waals surface area contributed by atoms with E-state index < -0.39 is 0 Å². The van der Waals surface area contributed by atoms with Gasteiger partial charge in [0.1, 0.15) is 5.75 Å². The van der Waals surface area contributed by atoms with Crippen LogP contribution in [0.15, 0.2) is 18.2 Å². The second-order valence-corrected chi connectivity index (χ2v) is 6.01. The number of nitrogens with two attached hydrogens (primary N) is 1. The van der Waals surface area contributed by atoms with Crippen molar-refractivity contribution >= 4 is 11.6 Å². The Bertz CT molecular complexity index is 434. The Morgan fingerprint density at radius 2 is 1.86 bits per heavy atom. The van der Waals surface area contributed by atoms with Crippen molar-refractivity contribution in [2.24, 2.45) is 5.73 Å². The molecule has 118 valence electrons. The van der Waals surface area contributed by atoms with Crippen molar-refractivity contribution in [3.8, 4) is 5.75 Å². The standard InChI is InChI=1S/C16H26ClN3O/c1-21-16-5-4-15(17)12-14(16)13-20-10-8-19(9-11-20)7-3-2-6-18/h4-5,12H,2-3,6-11,13,18H2,1H3. The molecule has 0 aliphatic carbocycles. The summed E-state index contributed by atoms with van der Waals surface area (Å²) in [5.74, 6) is 0.921. The molecule has 5 heteroatoms. The van der Waals surface area contributed by atoms with Crippen LogP contribution in [0.5, 0.6) is 5.75 Å². The third-order valence-electron chi connectivity index (χ3n) is 4.03. The van der Waals surface area contributed by atoms with E-state index in [-0.39, 0.29) is 0 Å². The van der Waals surface area contributed by atoms with Gasteiger partial charge in [-0.1, -0.05) is 11.6 Å². The number of unbranched alkanes of at least 4 members (excludes halogenated alkanes) is 1. The van der Waals surface area contributed by atoms with E-state index in [1.54, 1.807) is 7.11 Å². The predicted molar refractivity (Wildman–Crippen MR) is 88.0 cm³/mol. The topological polar surface area (TPSA) is 41.7 Å².